The molecular formula is C12H2F2N4O2. The summed E-state index contributed by atoms with van der Waals surface area (Å²) < 4.78 is 27.7. The molecule has 1 aromatic rings. The maximum Gasteiger partial charge on any atom is 0.178 e. The van der Waals surface area contributed by atoms with Crippen molar-refractivity contribution in [3.8, 4) is 35.8 Å². The third kappa shape index (κ3) is 1.95. The SMILES string of the molecule is N#CC(C#N)=c1c(O)c(F)c(=C(C#N)C#N)c(O)c1F. The molecular weight excluding hydrogens is 270 g/mol. The Morgan fingerprint density at radius 3 is 1.15 bits per heavy atom. The summed E-state index contributed by atoms with van der Waals surface area (Å²) in [6.07, 6.45) is 0. The number of benzene rings is 1. The van der Waals surface area contributed by atoms with Gasteiger partial charge in [0, 0.05) is 0 Å². The highest BCUT2D eigenvalue weighted by Gasteiger charge is 2.21. The van der Waals surface area contributed by atoms with Crippen molar-refractivity contribution < 1.29 is 19.0 Å². The van der Waals surface area contributed by atoms with E-state index >= 15 is 0 Å². The van der Waals surface area contributed by atoms with Crippen molar-refractivity contribution in [1.29, 1.82) is 21.0 Å². The van der Waals surface area contributed by atoms with Gasteiger partial charge in [-0.05, 0) is 0 Å². The van der Waals surface area contributed by atoms with Gasteiger partial charge in [0.05, 0.1) is 10.4 Å². The van der Waals surface area contributed by atoms with Crippen molar-refractivity contribution >= 4 is 11.1 Å². The van der Waals surface area contributed by atoms with Crippen molar-refractivity contribution in [3.63, 3.8) is 0 Å². The topological polar surface area (TPSA) is 136 Å². The molecule has 0 spiro atoms. The fourth-order valence-electron chi connectivity index (χ4n) is 1.39. The Labute approximate surface area is 110 Å². The predicted octanol–water partition coefficient (Wildman–Crippen LogP) is -0.228. The average Bonchev–Trinajstić information content (AvgIpc) is 2.46. The molecule has 6 nitrogen and oxygen atoms in total. The molecule has 0 fully saturated rings. The molecule has 0 saturated carbocycles. The maximum absolute atomic E-state index is 13.8. The summed E-state index contributed by atoms with van der Waals surface area (Å²) >= 11 is 0. The van der Waals surface area contributed by atoms with E-state index in [1.54, 1.807) is 0 Å². The molecule has 0 aromatic heterocycles. The van der Waals surface area contributed by atoms with Crippen LogP contribution < -0.4 is 10.4 Å². The first-order valence-corrected chi connectivity index (χ1v) is 4.72. The highest BCUT2D eigenvalue weighted by molar-refractivity contribution is 5.77. The summed E-state index contributed by atoms with van der Waals surface area (Å²) in [5.41, 5.74) is -1.95. The van der Waals surface area contributed by atoms with Crippen molar-refractivity contribution in [2.24, 2.45) is 0 Å². The van der Waals surface area contributed by atoms with E-state index in [1.807, 2.05) is 0 Å². The number of rotatable bonds is 0. The van der Waals surface area contributed by atoms with Crippen LogP contribution >= 0.6 is 0 Å². The molecule has 1 aromatic carbocycles. The van der Waals surface area contributed by atoms with E-state index in [0.29, 0.717) is 0 Å². The fraction of sp³-hybridized carbons (Fsp3) is 0. The summed E-state index contributed by atoms with van der Waals surface area (Å²) in [6, 6.07) is 4.89. The van der Waals surface area contributed by atoms with Crippen LogP contribution in [0.4, 0.5) is 8.78 Å². The lowest BCUT2D eigenvalue weighted by Crippen LogP contribution is -2.23. The fourth-order valence-corrected chi connectivity index (χ4v) is 1.39. The molecule has 0 radical (unpaired) electrons. The molecule has 8 heteroatoms. The molecule has 0 aliphatic heterocycles. The zero-order chi connectivity index (χ0) is 15.4. The van der Waals surface area contributed by atoms with Gasteiger partial charge in [-0.2, -0.15) is 21.0 Å². The van der Waals surface area contributed by atoms with Crippen LogP contribution in [0.3, 0.4) is 0 Å². The van der Waals surface area contributed by atoms with Gasteiger partial charge >= 0.3 is 0 Å². The summed E-state index contributed by atoms with van der Waals surface area (Å²) in [5, 5.41) is 51.0. The first-order chi connectivity index (χ1) is 9.44. The number of halogens is 2. The van der Waals surface area contributed by atoms with E-state index in [1.165, 1.54) is 24.3 Å². The second kappa shape index (κ2) is 5.35. The van der Waals surface area contributed by atoms with Crippen molar-refractivity contribution in [2.45, 2.75) is 0 Å². The standard InChI is InChI=1S/C12H2F2N4O2/c13-9-7(5(1-15)2-16)11(19)10(14)8(12(9)20)6(3-17)4-18/h19-20H. The average molecular weight is 272 g/mol. The lowest BCUT2D eigenvalue weighted by atomic mass is 10.1. The Morgan fingerprint density at radius 1 is 0.700 bits per heavy atom. The summed E-state index contributed by atoms with van der Waals surface area (Å²) in [4.78, 5) is 0. The van der Waals surface area contributed by atoms with Crippen molar-refractivity contribution in [2.75, 3.05) is 0 Å². The third-order valence-corrected chi connectivity index (χ3v) is 2.28. The highest BCUT2D eigenvalue weighted by atomic mass is 19.1. The Hall–Kier alpha value is -3.62. The van der Waals surface area contributed by atoms with Crippen molar-refractivity contribution in [3.05, 3.63) is 22.1 Å². The van der Waals surface area contributed by atoms with Gasteiger partial charge in [0.15, 0.2) is 23.1 Å². The number of nitrogens with zero attached hydrogens (tertiary/aromatic N) is 4. The van der Waals surface area contributed by atoms with Gasteiger partial charge in [0.1, 0.15) is 35.4 Å². The van der Waals surface area contributed by atoms with Crippen LogP contribution in [0.5, 0.6) is 11.5 Å². The normalized spacial score (nSPS) is 8.70. The maximum atomic E-state index is 13.8. The van der Waals surface area contributed by atoms with Crippen molar-refractivity contribution in [1.82, 2.24) is 0 Å². The van der Waals surface area contributed by atoms with Crippen LogP contribution in [0.15, 0.2) is 0 Å². The lowest BCUT2D eigenvalue weighted by Gasteiger charge is -2.03. The van der Waals surface area contributed by atoms with Gasteiger partial charge in [-0.1, -0.05) is 0 Å². The van der Waals surface area contributed by atoms with E-state index in [4.69, 9.17) is 21.0 Å². The third-order valence-electron chi connectivity index (χ3n) is 2.28. The Morgan fingerprint density at radius 2 is 0.950 bits per heavy atom. The molecule has 96 valence electrons. The van der Waals surface area contributed by atoms with Gasteiger partial charge in [0.25, 0.3) is 0 Å². The van der Waals surface area contributed by atoms with Gasteiger partial charge in [0.2, 0.25) is 0 Å². The second-order valence-electron chi connectivity index (χ2n) is 3.27. The first kappa shape index (κ1) is 14.4. The summed E-state index contributed by atoms with van der Waals surface area (Å²) in [7, 11) is 0. The van der Waals surface area contributed by atoms with Crippen LogP contribution in [0, 0.1) is 57.0 Å². The molecule has 0 bridgehead atoms. The number of phenolic OH excluding ortho intramolecular Hbond substituents is 2. The zero-order valence-electron chi connectivity index (χ0n) is 9.44. The molecule has 2 N–H and O–H groups in total. The molecule has 0 amide bonds. The van der Waals surface area contributed by atoms with Crippen LogP contribution in [0.2, 0.25) is 0 Å². The highest BCUT2D eigenvalue weighted by Crippen LogP contribution is 2.16. The molecule has 0 aliphatic rings. The summed E-state index contributed by atoms with van der Waals surface area (Å²) in [5.74, 6) is -6.26. The van der Waals surface area contributed by atoms with E-state index < -0.39 is 44.7 Å². The van der Waals surface area contributed by atoms with Crippen LogP contribution in [-0.2, 0) is 0 Å². The second-order valence-corrected chi connectivity index (χ2v) is 3.27. The number of hydrogen-bond acceptors (Lipinski definition) is 6. The van der Waals surface area contributed by atoms with E-state index in [9.17, 15) is 19.0 Å². The van der Waals surface area contributed by atoms with Gasteiger partial charge in [-0.3, -0.25) is 0 Å². The van der Waals surface area contributed by atoms with Crippen LogP contribution in [-0.4, -0.2) is 10.2 Å². The Kier molecular flexibility index (Phi) is 3.86. The molecule has 20 heavy (non-hydrogen) atoms. The minimum absolute atomic E-state index is 0.976. The Balaban J connectivity index is 4.35. The van der Waals surface area contributed by atoms with E-state index in [-0.39, 0.29) is 0 Å². The molecule has 0 saturated heterocycles. The summed E-state index contributed by atoms with van der Waals surface area (Å²) in [6.45, 7) is 0. The smallest absolute Gasteiger partial charge is 0.178 e. The van der Waals surface area contributed by atoms with Gasteiger partial charge in [-0.15, -0.1) is 0 Å². The lowest BCUT2D eigenvalue weighted by molar-refractivity contribution is 0.385. The van der Waals surface area contributed by atoms with Crippen LogP contribution in [0.1, 0.15) is 0 Å². The molecule has 1 rings (SSSR count). The molecule has 0 atom stereocenters. The predicted molar refractivity (Wildman–Crippen MR) is 58.2 cm³/mol. The molecule has 0 aliphatic carbocycles. The van der Waals surface area contributed by atoms with E-state index in [2.05, 4.69) is 0 Å². The number of hydrogen-bond donors (Lipinski definition) is 2. The van der Waals surface area contributed by atoms with E-state index in [0.717, 1.165) is 0 Å². The monoisotopic (exact) mass is 272 g/mol. The molecule has 0 heterocycles. The zero-order valence-corrected chi connectivity index (χ0v) is 9.44. The minimum atomic E-state index is -1.68. The Bertz CT molecular complexity index is 750. The van der Waals surface area contributed by atoms with Crippen LogP contribution in [0.25, 0.3) is 11.1 Å². The molecule has 0 unspecified atom stereocenters. The van der Waals surface area contributed by atoms with Gasteiger partial charge in [-0.25, -0.2) is 8.78 Å². The largest absolute Gasteiger partial charge is 0.504 e. The first-order valence-electron chi connectivity index (χ1n) is 4.72. The van der Waals surface area contributed by atoms with Gasteiger partial charge < -0.3 is 10.2 Å². The number of nitriles is 4. The number of phenols is 2. The minimum Gasteiger partial charge on any atom is -0.504 e. The number of aromatic hydroxyl groups is 2. The quantitative estimate of drug-likeness (QED) is 0.626.